The van der Waals surface area contributed by atoms with Crippen molar-refractivity contribution in [2.75, 3.05) is 6.54 Å². The molecule has 14 heavy (non-hydrogen) atoms. The molecule has 1 aliphatic rings. The number of halogens is 1. The molecule has 1 aromatic heterocycles. The van der Waals surface area contributed by atoms with Gasteiger partial charge in [0.2, 0.25) is 0 Å². The fourth-order valence-electron chi connectivity index (χ4n) is 1.52. The molecule has 74 valence electrons. The zero-order valence-corrected chi connectivity index (χ0v) is 7.66. The molecule has 0 atom stereocenters. The molecule has 0 aliphatic heterocycles. The maximum Gasteiger partial charge on any atom is 0.171 e. The van der Waals surface area contributed by atoms with Crippen LogP contribution in [0.5, 0.6) is 0 Å². The maximum atomic E-state index is 12.8. The zero-order chi connectivity index (χ0) is 10.2. The van der Waals surface area contributed by atoms with Crippen LogP contribution in [0.3, 0.4) is 0 Å². The van der Waals surface area contributed by atoms with Gasteiger partial charge in [-0.15, -0.1) is 0 Å². The van der Waals surface area contributed by atoms with Gasteiger partial charge in [-0.3, -0.25) is 9.78 Å². The van der Waals surface area contributed by atoms with E-state index in [1.54, 1.807) is 0 Å². The molecule has 1 fully saturated rings. The maximum absolute atomic E-state index is 12.8. The molecule has 2 N–H and O–H groups in total. The monoisotopic (exact) mass is 194 g/mol. The van der Waals surface area contributed by atoms with Gasteiger partial charge in [0.1, 0.15) is 5.82 Å². The lowest BCUT2D eigenvalue weighted by Gasteiger charge is -2.09. The van der Waals surface area contributed by atoms with Crippen molar-refractivity contribution in [2.45, 2.75) is 12.8 Å². The Labute approximate surface area is 81.1 Å². The number of ketones is 1. The van der Waals surface area contributed by atoms with Crippen LogP contribution in [0.25, 0.3) is 0 Å². The summed E-state index contributed by atoms with van der Waals surface area (Å²) in [7, 11) is 0. The van der Waals surface area contributed by atoms with Crippen molar-refractivity contribution in [3.8, 4) is 0 Å². The average molecular weight is 194 g/mol. The minimum absolute atomic E-state index is 0.0769. The predicted molar refractivity (Wildman–Crippen MR) is 49.2 cm³/mol. The first-order valence-electron chi connectivity index (χ1n) is 4.53. The highest BCUT2D eigenvalue weighted by atomic mass is 19.1. The number of aromatic nitrogens is 1. The second-order valence-electron chi connectivity index (χ2n) is 3.71. The Hall–Kier alpha value is -1.29. The fourth-order valence-corrected chi connectivity index (χ4v) is 1.52. The van der Waals surface area contributed by atoms with E-state index in [-0.39, 0.29) is 5.78 Å². The molecule has 3 nitrogen and oxygen atoms in total. The summed E-state index contributed by atoms with van der Waals surface area (Å²) in [5.41, 5.74) is 5.42. The molecule has 0 bridgehead atoms. The smallest absolute Gasteiger partial charge is 0.171 e. The summed E-state index contributed by atoms with van der Waals surface area (Å²) in [5, 5.41) is 0. The van der Waals surface area contributed by atoms with E-state index in [4.69, 9.17) is 5.73 Å². The van der Waals surface area contributed by atoms with Gasteiger partial charge in [-0.1, -0.05) is 0 Å². The lowest BCUT2D eigenvalue weighted by atomic mass is 9.96. The van der Waals surface area contributed by atoms with Crippen LogP contribution >= 0.6 is 0 Å². The van der Waals surface area contributed by atoms with Crippen molar-refractivity contribution in [3.63, 3.8) is 0 Å². The van der Waals surface area contributed by atoms with Crippen molar-refractivity contribution in [1.82, 2.24) is 4.98 Å². The number of pyridine rings is 1. The number of rotatable bonds is 3. The van der Waals surface area contributed by atoms with Crippen LogP contribution in [0.4, 0.5) is 4.39 Å². The Kier molecular flexibility index (Phi) is 2.07. The van der Waals surface area contributed by atoms with Crippen LogP contribution in [-0.4, -0.2) is 17.3 Å². The molecule has 0 spiro atoms. The molecule has 1 saturated carbocycles. The first-order chi connectivity index (χ1) is 6.68. The van der Waals surface area contributed by atoms with Gasteiger partial charge < -0.3 is 5.73 Å². The Morgan fingerprint density at radius 2 is 2.29 bits per heavy atom. The molecule has 0 saturated heterocycles. The fraction of sp³-hybridized carbons (Fsp3) is 0.400. The van der Waals surface area contributed by atoms with E-state index in [0.717, 1.165) is 19.0 Å². The summed E-state index contributed by atoms with van der Waals surface area (Å²) in [6.07, 6.45) is 4.08. The van der Waals surface area contributed by atoms with E-state index in [1.165, 1.54) is 12.3 Å². The van der Waals surface area contributed by atoms with E-state index in [2.05, 4.69) is 4.98 Å². The van der Waals surface area contributed by atoms with Crippen molar-refractivity contribution in [2.24, 2.45) is 11.1 Å². The standard InChI is InChI=1S/C10H11FN2O/c11-8-3-7(4-13-5-8)9(14)10(6-12)1-2-10/h3-5H,1-2,6,12H2. The van der Waals surface area contributed by atoms with Crippen LogP contribution in [-0.2, 0) is 0 Å². The third-order valence-corrected chi connectivity index (χ3v) is 2.69. The average Bonchev–Trinajstić information content (AvgIpc) is 2.97. The van der Waals surface area contributed by atoms with E-state index < -0.39 is 11.2 Å². The van der Waals surface area contributed by atoms with Crippen LogP contribution in [0, 0.1) is 11.2 Å². The summed E-state index contributed by atoms with van der Waals surface area (Å²) < 4.78 is 12.8. The first kappa shape index (κ1) is 9.27. The van der Waals surface area contributed by atoms with Crippen LogP contribution < -0.4 is 5.73 Å². The quantitative estimate of drug-likeness (QED) is 0.734. The van der Waals surface area contributed by atoms with Crippen LogP contribution in [0.15, 0.2) is 18.5 Å². The number of carbonyl (C=O) groups excluding carboxylic acids is 1. The van der Waals surface area contributed by atoms with Crippen LogP contribution in [0.2, 0.25) is 0 Å². The SMILES string of the molecule is NCC1(C(=O)c2cncc(F)c2)CC1. The minimum Gasteiger partial charge on any atom is -0.329 e. The zero-order valence-electron chi connectivity index (χ0n) is 7.66. The molecule has 0 aromatic carbocycles. The van der Waals surface area contributed by atoms with Crippen molar-refractivity contribution >= 4 is 5.78 Å². The largest absolute Gasteiger partial charge is 0.329 e. The van der Waals surface area contributed by atoms with E-state index in [0.29, 0.717) is 12.1 Å². The number of nitrogens with zero attached hydrogens (tertiary/aromatic N) is 1. The van der Waals surface area contributed by atoms with Crippen molar-refractivity contribution in [3.05, 3.63) is 29.8 Å². The molecule has 0 unspecified atom stereocenters. The molecular weight excluding hydrogens is 183 g/mol. The normalized spacial score (nSPS) is 17.9. The molecule has 4 heteroatoms. The third kappa shape index (κ3) is 1.42. The Morgan fingerprint density at radius 3 is 2.79 bits per heavy atom. The molecule has 1 aromatic rings. The third-order valence-electron chi connectivity index (χ3n) is 2.69. The van der Waals surface area contributed by atoms with Gasteiger partial charge in [-0.25, -0.2) is 4.39 Å². The summed E-state index contributed by atoms with van der Waals surface area (Å²) >= 11 is 0. The van der Waals surface area contributed by atoms with E-state index in [1.807, 2.05) is 0 Å². The van der Waals surface area contributed by atoms with E-state index in [9.17, 15) is 9.18 Å². The summed E-state index contributed by atoms with van der Waals surface area (Å²) in [4.78, 5) is 15.5. The van der Waals surface area contributed by atoms with Crippen LogP contribution in [0.1, 0.15) is 23.2 Å². The number of hydrogen-bond donors (Lipinski definition) is 1. The van der Waals surface area contributed by atoms with E-state index >= 15 is 0 Å². The van der Waals surface area contributed by atoms with Gasteiger partial charge in [-0.2, -0.15) is 0 Å². The Bertz CT molecular complexity index is 374. The molecular formula is C10H11FN2O. The Balaban J connectivity index is 2.28. The number of Topliss-reactive ketones (excluding diaryl/α,β-unsaturated/α-hetero) is 1. The highest BCUT2D eigenvalue weighted by Crippen LogP contribution is 2.47. The lowest BCUT2D eigenvalue weighted by Crippen LogP contribution is -2.25. The predicted octanol–water partition coefficient (Wildman–Crippen LogP) is 1.14. The van der Waals surface area contributed by atoms with Crippen molar-refractivity contribution in [1.29, 1.82) is 0 Å². The molecule has 0 amide bonds. The second kappa shape index (κ2) is 3.13. The van der Waals surface area contributed by atoms with Gasteiger partial charge in [-0.05, 0) is 18.9 Å². The number of nitrogens with two attached hydrogens (primary N) is 1. The minimum atomic E-state index is -0.483. The van der Waals surface area contributed by atoms with Gasteiger partial charge in [0.05, 0.1) is 6.20 Å². The molecule has 0 radical (unpaired) electrons. The molecule has 1 aliphatic carbocycles. The molecule has 2 rings (SSSR count). The van der Waals surface area contributed by atoms with Gasteiger partial charge in [0, 0.05) is 23.7 Å². The second-order valence-corrected chi connectivity index (χ2v) is 3.71. The lowest BCUT2D eigenvalue weighted by molar-refractivity contribution is 0.0905. The Morgan fingerprint density at radius 1 is 1.57 bits per heavy atom. The number of hydrogen-bond acceptors (Lipinski definition) is 3. The highest BCUT2D eigenvalue weighted by Gasteiger charge is 2.48. The summed E-state index contributed by atoms with van der Waals surface area (Å²) in [6.45, 7) is 0.336. The van der Waals surface area contributed by atoms with Gasteiger partial charge in [0.25, 0.3) is 0 Å². The first-order valence-corrected chi connectivity index (χ1v) is 4.53. The summed E-state index contributed by atoms with van der Waals surface area (Å²) in [6, 6.07) is 1.21. The number of carbonyl (C=O) groups is 1. The highest BCUT2D eigenvalue weighted by molar-refractivity contribution is 6.02. The van der Waals surface area contributed by atoms with Crippen molar-refractivity contribution < 1.29 is 9.18 Å². The van der Waals surface area contributed by atoms with Gasteiger partial charge in [0.15, 0.2) is 5.78 Å². The van der Waals surface area contributed by atoms with Gasteiger partial charge >= 0.3 is 0 Å². The molecule has 1 heterocycles. The topological polar surface area (TPSA) is 56.0 Å². The summed E-state index contributed by atoms with van der Waals surface area (Å²) in [5.74, 6) is -0.560.